The molecule has 2 atom stereocenters. The van der Waals surface area contributed by atoms with E-state index in [2.05, 4.69) is 32.9 Å². The number of hydrogen-bond donors (Lipinski definition) is 1. The van der Waals surface area contributed by atoms with Gasteiger partial charge in [-0.2, -0.15) is 0 Å². The van der Waals surface area contributed by atoms with Crippen molar-refractivity contribution in [1.29, 1.82) is 0 Å². The van der Waals surface area contributed by atoms with Crippen molar-refractivity contribution >= 4 is 0 Å². The number of hydrogen-bond acceptors (Lipinski definition) is 2. The van der Waals surface area contributed by atoms with Gasteiger partial charge in [0.2, 0.25) is 0 Å². The molecule has 1 N–H and O–H groups in total. The van der Waals surface area contributed by atoms with Gasteiger partial charge in [0.1, 0.15) is 0 Å². The average Bonchev–Trinajstić information content (AvgIpc) is 2.40. The fourth-order valence-electron chi connectivity index (χ4n) is 3.81. The molecule has 110 valence electrons. The molecule has 1 spiro atoms. The van der Waals surface area contributed by atoms with E-state index in [0.717, 1.165) is 25.0 Å². The van der Waals surface area contributed by atoms with Crippen molar-refractivity contribution in [2.24, 2.45) is 5.92 Å². The summed E-state index contributed by atoms with van der Waals surface area (Å²) < 4.78 is 5.98. The van der Waals surface area contributed by atoms with Crippen LogP contribution in [0.5, 0.6) is 0 Å². The smallest absolute Gasteiger partial charge is 0.0822 e. The van der Waals surface area contributed by atoms with Crippen molar-refractivity contribution in [1.82, 2.24) is 0 Å². The molecule has 0 bridgehead atoms. The summed E-state index contributed by atoms with van der Waals surface area (Å²) in [4.78, 5) is 0. The molecule has 3 rings (SSSR count). The molecule has 1 saturated carbocycles. The average molecular weight is 274 g/mol. The molecule has 20 heavy (non-hydrogen) atoms. The molecule has 1 aromatic carbocycles. The Bertz CT molecular complexity index is 502. The fourth-order valence-corrected chi connectivity index (χ4v) is 3.81. The van der Waals surface area contributed by atoms with Crippen molar-refractivity contribution in [3.8, 4) is 0 Å². The summed E-state index contributed by atoms with van der Waals surface area (Å²) in [6, 6.07) is 4.38. The van der Waals surface area contributed by atoms with Crippen LogP contribution in [-0.4, -0.2) is 17.3 Å². The zero-order chi connectivity index (χ0) is 14.3. The summed E-state index contributed by atoms with van der Waals surface area (Å²) in [7, 11) is 0. The second kappa shape index (κ2) is 5.16. The molecule has 1 heterocycles. The normalized spacial score (nSPS) is 26.3. The van der Waals surface area contributed by atoms with Crippen LogP contribution in [0.25, 0.3) is 0 Å². The molecule has 0 aromatic heterocycles. The van der Waals surface area contributed by atoms with Crippen LogP contribution in [0.2, 0.25) is 0 Å². The van der Waals surface area contributed by atoms with Crippen LogP contribution in [0.4, 0.5) is 0 Å². The number of aliphatic hydroxyl groups excluding tert-OH is 1. The van der Waals surface area contributed by atoms with E-state index in [1.165, 1.54) is 36.0 Å². The summed E-state index contributed by atoms with van der Waals surface area (Å²) in [6.45, 7) is 7.19. The highest BCUT2D eigenvalue weighted by Gasteiger charge is 2.44. The second-order valence-electron chi connectivity index (χ2n) is 6.88. The van der Waals surface area contributed by atoms with E-state index in [9.17, 15) is 5.11 Å². The Morgan fingerprint density at radius 2 is 1.85 bits per heavy atom. The largest absolute Gasteiger partial charge is 0.388 e. The van der Waals surface area contributed by atoms with Gasteiger partial charge in [-0.25, -0.2) is 0 Å². The predicted molar refractivity (Wildman–Crippen MR) is 80.9 cm³/mol. The molecular formula is C18H26O2. The van der Waals surface area contributed by atoms with Gasteiger partial charge in [0.15, 0.2) is 0 Å². The number of aliphatic hydroxyl groups is 1. The summed E-state index contributed by atoms with van der Waals surface area (Å²) in [5.41, 5.74) is 5.03. The number of ether oxygens (including phenoxy) is 1. The molecular weight excluding hydrogens is 248 g/mol. The van der Waals surface area contributed by atoms with E-state index in [4.69, 9.17) is 4.74 Å². The summed E-state index contributed by atoms with van der Waals surface area (Å²) >= 11 is 0. The van der Waals surface area contributed by atoms with Crippen molar-refractivity contribution in [2.75, 3.05) is 6.61 Å². The monoisotopic (exact) mass is 274 g/mol. The highest BCUT2D eigenvalue weighted by Crippen LogP contribution is 2.47. The van der Waals surface area contributed by atoms with Crippen LogP contribution in [0.1, 0.15) is 60.5 Å². The predicted octanol–water partition coefficient (Wildman–Crippen LogP) is 3.99. The van der Waals surface area contributed by atoms with Gasteiger partial charge in [0, 0.05) is 6.61 Å². The van der Waals surface area contributed by atoms with Gasteiger partial charge in [0.25, 0.3) is 0 Å². The first-order chi connectivity index (χ1) is 9.51. The third kappa shape index (κ3) is 2.40. The molecule has 2 unspecified atom stereocenters. The van der Waals surface area contributed by atoms with Gasteiger partial charge in [-0.05, 0) is 81.0 Å². The van der Waals surface area contributed by atoms with Crippen molar-refractivity contribution in [3.63, 3.8) is 0 Å². The van der Waals surface area contributed by atoms with Gasteiger partial charge in [-0.1, -0.05) is 12.1 Å². The number of aryl methyl sites for hydroxylation is 3. The van der Waals surface area contributed by atoms with Crippen LogP contribution in [0, 0.1) is 26.7 Å². The maximum atomic E-state index is 10.8. The molecule has 1 aromatic rings. The molecule has 0 amide bonds. The van der Waals surface area contributed by atoms with E-state index in [1.807, 2.05) is 0 Å². The third-order valence-electron chi connectivity index (χ3n) is 5.44. The standard InChI is InChI=1S/C18H26O2/c1-12-9-14(3)16(10-13(12)2)17(19)15-5-8-20-18(11-15)6-4-7-18/h9-10,15,17,19H,4-8,11H2,1-3H3. The van der Waals surface area contributed by atoms with E-state index in [1.54, 1.807) is 0 Å². The Morgan fingerprint density at radius 1 is 1.15 bits per heavy atom. The minimum absolute atomic E-state index is 0.109. The lowest BCUT2D eigenvalue weighted by molar-refractivity contribution is -0.157. The number of benzene rings is 1. The van der Waals surface area contributed by atoms with Crippen molar-refractivity contribution in [2.45, 2.75) is 64.6 Å². The van der Waals surface area contributed by atoms with Crippen LogP contribution < -0.4 is 0 Å². The molecule has 2 heteroatoms. The Morgan fingerprint density at radius 3 is 2.50 bits per heavy atom. The van der Waals surface area contributed by atoms with Crippen molar-refractivity contribution < 1.29 is 9.84 Å². The summed E-state index contributed by atoms with van der Waals surface area (Å²) in [6.07, 6.45) is 5.32. The zero-order valence-corrected chi connectivity index (χ0v) is 12.9. The topological polar surface area (TPSA) is 29.5 Å². The second-order valence-corrected chi connectivity index (χ2v) is 6.88. The Hall–Kier alpha value is -0.860. The first kappa shape index (κ1) is 14.1. The van der Waals surface area contributed by atoms with E-state index in [-0.39, 0.29) is 11.7 Å². The lowest BCUT2D eigenvalue weighted by Crippen LogP contribution is -2.46. The SMILES string of the molecule is Cc1cc(C)c(C(O)C2CCOC3(CCC3)C2)cc1C. The molecule has 2 nitrogen and oxygen atoms in total. The quantitative estimate of drug-likeness (QED) is 0.883. The Kier molecular flexibility index (Phi) is 3.64. The first-order valence-corrected chi connectivity index (χ1v) is 7.90. The van der Waals surface area contributed by atoms with Crippen LogP contribution in [-0.2, 0) is 4.74 Å². The molecule has 0 radical (unpaired) electrons. The van der Waals surface area contributed by atoms with Crippen LogP contribution >= 0.6 is 0 Å². The maximum absolute atomic E-state index is 10.8. The highest BCUT2D eigenvalue weighted by atomic mass is 16.5. The van der Waals surface area contributed by atoms with Crippen LogP contribution in [0.3, 0.4) is 0 Å². The lowest BCUT2D eigenvalue weighted by Gasteiger charge is -2.48. The highest BCUT2D eigenvalue weighted by molar-refractivity contribution is 5.38. The van der Waals surface area contributed by atoms with Crippen LogP contribution in [0.15, 0.2) is 12.1 Å². The molecule has 1 aliphatic carbocycles. The lowest BCUT2D eigenvalue weighted by atomic mass is 9.70. The third-order valence-corrected chi connectivity index (χ3v) is 5.44. The van der Waals surface area contributed by atoms with Gasteiger partial charge in [0.05, 0.1) is 11.7 Å². The summed E-state index contributed by atoms with van der Waals surface area (Å²) in [5.74, 6) is 0.352. The van der Waals surface area contributed by atoms with E-state index < -0.39 is 0 Å². The minimum atomic E-state index is -0.337. The summed E-state index contributed by atoms with van der Waals surface area (Å²) in [5, 5.41) is 10.8. The number of rotatable bonds is 2. The van der Waals surface area contributed by atoms with Crippen molar-refractivity contribution in [3.05, 3.63) is 34.4 Å². The Balaban J connectivity index is 1.81. The maximum Gasteiger partial charge on any atom is 0.0822 e. The fraction of sp³-hybridized carbons (Fsp3) is 0.667. The minimum Gasteiger partial charge on any atom is -0.388 e. The molecule has 1 saturated heterocycles. The molecule has 2 aliphatic rings. The van der Waals surface area contributed by atoms with Gasteiger partial charge in [-0.15, -0.1) is 0 Å². The van der Waals surface area contributed by atoms with Gasteiger partial charge in [-0.3, -0.25) is 0 Å². The van der Waals surface area contributed by atoms with Gasteiger partial charge >= 0.3 is 0 Å². The van der Waals surface area contributed by atoms with E-state index >= 15 is 0 Å². The molecule has 1 aliphatic heterocycles. The van der Waals surface area contributed by atoms with E-state index in [0.29, 0.717) is 5.92 Å². The zero-order valence-electron chi connectivity index (χ0n) is 12.9. The molecule has 2 fully saturated rings. The first-order valence-electron chi connectivity index (χ1n) is 7.90. The Labute approximate surface area is 122 Å². The van der Waals surface area contributed by atoms with Gasteiger partial charge < -0.3 is 9.84 Å².